The highest BCUT2D eigenvalue weighted by Gasteiger charge is 2.55. The van der Waals surface area contributed by atoms with Gasteiger partial charge >= 0.3 is 0 Å². The zero-order chi connectivity index (χ0) is 26.9. The van der Waals surface area contributed by atoms with Crippen molar-refractivity contribution < 1.29 is 14.4 Å². The molecule has 39 heavy (non-hydrogen) atoms. The maximum Gasteiger partial charge on any atom is 0.262 e. The summed E-state index contributed by atoms with van der Waals surface area (Å²) in [7, 11) is 0. The fourth-order valence-corrected chi connectivity index (χ4v) is 8.91. The van der Waals surface area contributed by atoms with E-state index >= 15 is 0 Å². The normalized spacial score (nSPS) is 32.6. The number of carbonyl (C=O) groups is 3. The van der Waals surface area contributed by atoms with Crippen LogP contribution >= 0.6 is 0 Å². The van der Waals surface area contributed by atoms with E-state index in [0.717, 1.165) is 68.8 Å². The molecule has 4 bridgehead atoms. The fourth-order valence-electron chi connectivity index (χ4n) is 8.91. The Hall–Kier alpha value is -3.07. The second kappa shape index (κ2) is 9.25. The zero-order valence-corrected chi connectivity index (χ0v) is 22.7. The van der Waals surface area contributed by atoms with Gasteiger partial charge < -0.3 is 4.90 Å². The summed E-state index contributed by atoms with van der Waals surface area (Å²) in [6, 6.07) is 4.98. The monoisotopic (exact) mass is 531 g/mol. The minimum Gasteiger partial charge on any atom is -0.340 e. The van der Waals surface area contributed by atoms with Crippen molar-refractivity contribution in [2.45, 2.75) is 70.9 Å². The molecule has 1 aromatic heterocycles. The first-order chi connectivity index (χ1) is 18.8. The van der Waals surface area contributed by atoms with Gasteiger partial charge in [0.2, 0.25) is 17.7 Å². The van der Waals surface area contributed by atoms with Gasteiger partial charge in [0.1, 0.15) is 11.9 Å². The van der Waals surface area contributed by atoms with Crippen molar-refractivity contribution in [3.8, 4) is 0 Å². The SMILES string of the molecule is Cc1nc2cccc(CN3CCN(C(=O)C45CC6CC(CC(C6)C4)C5)CC3)c2c(=O)n1C1CCC(=O)NC1=O. The van der Waals surface area contributed by atoms with Crippen LogP contribution in [0.4, 0.5) is 0 Å². The zero-order valence-electron chi connectivity index (χ0n) is 22.7. The van der Waals surface area contributed by atoms with Crippen LogP contribution in [0.1, 0.15) is 68.8 Å². The molecule has 9 nitrogen and oxygen atoms in total. The van der Waals surface area contributed by atoms with Crippen LogP contribution in [0, 0.1) is 30.1 Å². The summed E-state index contributed by atoms with van der Waals surface area (Å²) in [6.45, 7) is 5.32. The third-order valence-electron chi connectivity index (χ3n) is 10.3. The number of piperazine rings is 1. The number of benzene rings is 1. The Morgan fingerprint density at radius 2 is 1.67 bits per heavy atom. The smallest absolute Gasteiger partial charge is 0.262 e. The number of nitrogens with zero attached hydrogens (tertiary/aromatic N) is 4. The lowest BCUT2D eigenvalue weighted by Gasteiger charge is -2.57. The number of fused-ring (bicyclic) bond motifs is 1. The Balaban J connectivity index is 1.09. The van der Waals surface area contributed by atoms with Gasteiger partial charge in [0.15, 0.2) is 0 Å². The van der Waals surface area contributed by atoms with Crippen molar-refractivity contribution in [3.05, 3.63) is 39.9 Å². The Bertz CT molecular complexity index is 1390. The van der Waals surface area contributed by atoms with Gasteiger partial charge in [-0.05, 0) is 81.3 Å². The molecule has 206 valence electrons. The summed E-state index contributed by atoms with van der Waals surface area (Å²) in [5.41, 5.74) is 1.16. The van der Waals surface area contributed by atoms with Gasteiger partial charge in [-0.3, -0.25) is 34.0 Å². The predicted molar refractivity (Wildman–Crippen MR) is 145 cm³/mol. The fraction of sp³-hybridized carbons (Fsp3) is 0.633. The van der Waals surface area contributed by atoms with E-state index in [1.54, 1.807) is 6.92 Å². The Kier molecular flexibility index (Phi) is 5.91. The summed E-state index contributed by atoms with van der Waals surface area (Å²) in [5, 5.41) is 2.89. The van der Waals surface area contributed by atoms with Crippen molar-refractivity contribution >= 4 is 28.6 Å². The topological polar surface area (TPSA) is 105 Å². The van der Waals surface area contributed by atoms with Gasteiger partial charge in [-0.25, -0.2) is 4.98 Å². The van der Waals surface area contributed by atoms with Crippen LogP contribution < -0.4 is 10.9 Å². The number of amides is 3. The van der Waals surface area contributed by atoms with Crippen molar-refractivity contribution in [2.75, 3.05) is 26.2 Å². The van der Waals surface area contributed by atoms with Crippen LogP contribution in [0.2, 0.25) is 0 Å². The molecular formula is C30H37N5O4. The van der Waals surface area contributed by atoms with Crippen LogP contribution in [0.3, 0.4) is 0 Å². The number of aromatic nitrogens is 2. The number of nitrogens with one attached hydrogen (secondary N) is 1. The van der Waals surface area contributed by atoms with E-state index in [0.29, 0.717) is 35.6 Å². The number of carbonyl (C=O) groups excluding carboxylic acids is 3. The predicted octanol–water partition coefficient (Wildman–Crippen LogP) is 2.54. The van der Waals surface area contributed by atoms with E-state index in [1.807, 2.05) is 18.2 Å². The largest absolute Gasteiger partial charge is 0.340 e. The third-order valence-corrected chi connectivity index (χ3v) is 10.3. The summed E-state index contributed by atoms with van der Waals surface area (Å²) < 4.78 is 1.45. The van der Waals surface area contributed by atoms with E-state index in [-0.39, 0.29) is 23.3 Å². The molecule has 9 heteroatoms. The third kappa shape index (κ3) is 4.20. The number of aryl methyl sites for hydroxylation is 1. The average molecular weight is 532 g/mol. The second-order valence-electron chi connectivity index (χ2n) is 12.9. The van der Waals surface area contributed by atoms with E-state index in [2.05, 4.69) is 20.1 Å². The maximum absolute atomic E-state index is 13.8. The Labute approximate surface area is 227 Å². The van der Waals surface area contributed by atoms with E-state index in [4.69, 9.17) is 0 Å². The quantitative estimate of drug-likeness (QED) is 0.608. The minimum absolute atomic E-state index is 0.100. The second-order valence-corrected chi connectivity index (χ2v) is 12.9. The molecule has 1 aromatic carbocycles. The van der Waals surface area contributed by atoms with Gasteiger partial charge in [0.05, 0.1) is 16.3 Å². The summed E-state index contributed by atoms with van der Waals surface area (Å²) >= 11 is 0. The number of hydrogen-bond donors (Lipinski definition) is 1. The lowest BCUT2D eigenvalue weighted by Crippen LogP contribution is -2.58. The van der Waals surface area contributed by atoms with Gasteiger partial charge in [0, 0.05) is 39.1 Å². The van der Waals surface area contributed by atoms with Crippen LogP contribution in [0.25, 0.3) is 10.9 Å². The van der Waals surface area contributed by atoms with Crippen molar-refractivity contribution in [1.29, 1.82) is 0 Å². The molecule has 1 N–H and O–H groups in total. The Morgan fingerprint density at radius 1 is 1.00 bits per heavy atom. The van der Waals surface area contributed by atoms with Crippen LogP contribution in [0.5, 0.6) is 0 Å². The molecule has 0 spiro atoms. The van der Waals surface area contributed by atoms with E-state index in [9.17, 15) is 19.2 Å². The highest BCUT2D eigenvalue weighted by Crippen LogP contribution is 2.60. The van der Waals surface area contributed by atoms with Crippen molar-refractivity contribution in [1.82, 2.24) is 24.7 Å². The number of piperidine rings is 1. The molecular weight excluding hydrogens is 494 g/mol. The van der Waals surface area contributed by atoms with Gasteiger partial charge in [-0.2, -0.15) is 0 Å². The standard InChI is InChI=1S/C30H37N5O4/c1-18-31-23-4-2-3-22(26(23)28(38)35(18)24-5-6-25(36)32-27(24)37)17-33-7-9-34(10-8-33)29(39)30-14-19-11-20(15-30)13-21(12-19)16-30/h2-4,19-21,24H,5-17H2,1H3,(H,32,36,37). The molecule has 0 radical (unpaired) electrons. The van der Waals surface area contributed by atoms with Gasteiger partial charge in [-0.1, -0.05) is 12.1 Å². The number of imide groups is 1. The molecule has 1 unspecified atom stereocenters. The van der Waals surface area contributed by atoms with Gasteiger partial charge in [0.25, 0.3) is 5.56 Å². The number of hydrogen-bond acceptors (Lipinski definition) is 6. The average Bonchev–Trinajstić information content (AvgIpc) is 2.89. The van der Waals surface area contributed by atoms with Crippen LogP contribution in [-0.4, -0.2) is 63.3 Å². The molecule has 2 aromatic rings. The highest BCUT2D eigenvalue weighted by molar-refractivity contribution is 5.99. The lowest BCUT2D eigenvalue weighted by atomic mass is 9.49. The molecule has 2 aliphatic heterocycles. The molecule has 2 saturated heterocycles. The minimum atomic E-state index is -0.737. The van der Waals surface area contributed by atoms with Crippen LogP contribution in [-0.2, 0) is 20.9 Å². The molecule has 6 aliphatic rings. The molecule has 4 saturated carbocycles. The molecule has 8 rings (SSSR count). The molecule has 4 aliphatic carbocycles. The molecule has 3 heterocycles. The summed E-state index contributed by atoms with van der Waals surface area (Å²) in [5.74, 6) is 2.39. The van der Waals surface area contributed by atoms with Crippen LogP contribution in [0.15, 0.2) is 23.0 Å². The first-order valence-corrected chi connectivity index (χ1v) is 14.7. The maximum atomic E-state index is 13.8. The molecule has 3 amide bonds. The lowest BCUT2D eigenvalue weighted by molar-refractivity contribution is -0.159. The highest BCUT2D eigenvalue weighted by atomic mass is 16.2. The summed E-state index contributed by atoms with van der Waals surface area (Å²) in [4.78, 5) is 60.9. The molecule has 1 atom stereocenters. The first kappa shape index (κ1) is 24.9. The number of rotatable bonds is 4. The Morgan fingerprint density at radius 3 is 2.31 bits per heavy atom. The molecule has 6 fully saturated rings. The van der Waals surface area contributed by atoms with Crippen molar-refractivity contribution in [2.24, 2.45) is 23.2 Å². The van der Waals surface area contributed by atoms with Crippen molar-refractivity contribution in [3.63, 3.8) is 0 Å². The van der Waals surface area contributed by atoms with E-state index in [1.165, 1.54) is 23.8 Å². The first-order valence-electron chi connectivity index (χ1n) is 14.7. The summed E-state index contributed by atoms with van der Waals surface area (Å²) in [6.07, 6.45) is 7.80. The van der Waals surface area contributed by atoms with E-state index < -0.39 is 11.9 Å². The van der Waals surface area contributed by atoms with Gasteiger partial charge in [-0.15, -0.1) is 0 Å².